The molecule has 2 aliphatic heterocycles. The molecular formula is C24H39O13+. The molecule has 13 heteroatoms. The fourth-order valence-corrected chi connectivity index (χ4v) is 6.16. The Bertz CT molecular complexity index is 787. The van der Waals surface area contributed by atoms with Gasteiger partial charge >= 0.3 is 11.9 Å². The number of aliphatic carboxylic acids is 1. The molecule has 0 amide bonds. The number of hydrogen-bond donors (Lipinski definition) is 7. The first-order chi connectivity index (χ1) is 17.5. The van der Waals surface area contributed by atoms with E-state index in [1.165, 1.54) is 0 Å². The standard InChI is InChI=1S/C24H38O13/c25-11-3-1-10(2-4-11)23-16(7-13-14(27)5-12(26)6-15(13)35-23)36-24-22(33)21(32)20(31)17(37-24)9-34-19(30)8-18(28)29/h10-17,20-27,31-33H,1-9H2,(H,28,29)/p+1/t10?,11?,12?,13?,14?,15?,16?,17-,20-,21+,22-,23?,24-/m0/s1. The summed E-state index contributed by atoms with van der Waals surface area (Å²) in [5.41, 5.74) is 0. The smallest absolute Gasteiger partial charge is 0.317 e. The highest BCUT2D eigenvalue weighted by Gasteiger charge is 2.54. The molecule has 6 unspecified atom stereocenters. The molecule has 0 aromatic rings. The minimum atomic E-state index is -1.69. The minimum absolute atomic E-state index is 0.0644. The van der Waals surface area contributed by atoms with Crippen LogP contribution in [0.15, 0.2) is 0 Å². The second kappa shape index (κ2) is 12.2. The number of rotatable bonds is 7. The van der Waals surface area contributed by atoms with E-state index >= 15 is 0 Å². The zero-order valence-corrected chi connectivity index (χ0v) is 20.5. The van der Waals surface area contributed by atoms with Crippen LogP contribution in [0, 0.1) is 11.8 Å². The van der Waals surface area contributed by atoms with Crippen molar-refractivity contribution in [3.8, 4) is 0 Å². The molecular weight excluding hydrogens is 496 g/mol. The Morgan fingerprint density at radius 2 is 1.57 bits per heavy atom. The highest BCUT2D eigenvalue weighted by Crippen LogP contribution is 2.42. The van der Waals surface area contributed by atoms with Crippen molar-refractivity contribution in [2.45, 2.75) is 119 Å². The van der Waals surface area contributed by atoms with E-state index < -0.39 is 74.0 Å². The second-order valence-electron chi connectivity index (χ2n) is 10.8. The van der Waals surface area contributed by atoms with Crippen molar-refractivity contribution in [3.05, 3.63) is 0 Å². The van der Waals surface area contributed by atoms with Crippen LogP contribution in [0.2, 0.25) is 0 Å². The first kappa shape index (κ1) is 28.6. The third-order valence-corrected chi connectivity index (χ3v) is 8.17. The zero-order chi connectivity index (χ0) is 26.9. The van der Waals surface area contributed by atoms with Crippen LogP contribution in [0.1, 0.15) is 51.4 Å². The average molecular weight is 536 g/mol. The second-order valence-corrected chi connectivity index (χ2v) is 10.8. The van der Waals surface area contributed by atoms with Gasteiger partial charge in [-0.3, -0.25) is 9.59 Å². The molecule has 0 bridgehead atoms. The normalized spacial score (nSPS) is 46.6. The molecule has 2 aliphatic carbocycles. The maximum absolute atomic E-state index is 11.6. The number of fused-ring (bicyclic) bond motifs is 1. The molecule has 0 aromatic heterocycles. The van der Waals surface area contributed by atoms with Gasteiger partial charge in [0.15, 0.2) is 18.5 Å². The molecule has 37 heavy (non-hydrogen) atoms. The van der Waals surface area contributed by atoms with E-state index in [2.05, 4.69) is 0 Å². The van der Waals surface area contributed by atoms with E-state index in [0.717, 1.165) is 0 Å². The Balaban J connectivity index is 1.47. The van der Waals surface area contributed by atoms with E-state index in [9.17, 15) is 40.2 Å². The maximum Gasteiger partial charge on any atom is 0.317 e. The molecule has 8 N–H and O–H groups in total. The van der Waals surface area contributed by atoms with Gasteiger partial charge in [0.25, 0.3) is 0 Å². The number of carboxylic acid groups (broad SMARTS) is 1. The van der Waals surface area contributed by atoms with Gasteiger partial charge in [-0.1, -0.05) is 0 Å². The summed E-state index contributed by atoms with van der Waals surface area (Å²) in [6, 6.07) is 0. The summed E-state index contributed by atoms with van der Waals surface area (Å²) in [6.45, 7) is -0.558. The number of carbonyl (C=O) groups excluding carboxylic acids is 1. The van der Waals surface area contributed by atoms with Crippen LogP contribution < -0.4 is 0 Å². The summed E-state index contributed by atoms with van der Waals surface area (Å²) in [5, 5.41) is 70.8. The minimum Gasteiger partial charge on any atom is -0.481 e. The summed E-state index contributed by atoms with van der Waals surface area (Å²) in [4.78, 5) is 22.3. The molecule has 2 saturated heterocycles. The third-order valence-electron chi connectivity index (χ3n) is 8.17. The third kappa shape index (κ3) is 6.78. The first-order valence-electron chi connectivity index (χ1n) is 13.0. The molecule has 13 nitrogen and oxygen atoms in total. The van der Waals surface area contributed by atoms with Crippen molar-refractivity contribution < 1.29 is 64.3 Å². The molecule has 0 spiro atoms. The summed E-state index contributed by atoms with van der Waals surface area (Å²) >= 11 is 0. The van der Waals surface area contributed by atoms with Crippen LogP contribution in [0.4, 0.5) is 0 Å². The fourth-order valence-electron chi connectivity index (χ4n) is 6.16. The van der Waals surface area contributed by atoms with Crippen molar-refractivity contribution in [1.82, 2.24) is 0 Å². The van der Waals surface area contributed by atoms with Crippen molar-refractivity contribution in [3.63, 3.8) is 0 Å². The van der Waals surface area contributed by atoms with Crippen molar-refractivity contribution in [2.75, 3.05) is 6.61 Å². The van der Waals surface area contributed by atoms with Gasteiger partial charge in [0.2, 0.25) is 0 Å². The van der Waals surface area contributed by atoms with E-state index in [0.29, 0.717) is 38.5 Å². The lowest BCUT2D eigenvalue weighted by Crippen LogP contribution is -2.63. The molecule has 212 valence electrons. The molecule has 0 radical (unpaired) electrons. The monoisotopic (exact) mass is 535 g/mol. The Labute approximate surface area is 213 Å². The maximum atomic E-state index is 11.6. The SMILES string of the molecule is O=C(O)CC(=O)OC[C@@H]1O[C@H](OC2CC3C(O)CC(O)CC3[OH+]C2C2CCC(O)CC2)[C@@H](O)[C@H](O)[C@H]1O. The molecule has 2 saturated carbocycles. The molecule has 11 atom stereocenters. The number of carboxylic acids is 1. The topological polar surface area (TPSA) is 216 Å². The molecule has 4 rings (SSSR count). The van der Waals surface area contributed by atoms with Crippen molar-refractivity contribution >= 4 is 11.9 Å². The number of aliphatic hydroxyl groups excluding tert-OH is 6. The fraction of sp³-hybridized carbons (Fsp3) is 0.917. The average Bonchev–Trinajstić information content (AvgIpc) is 2.83. The lowest BCUT2D eigenvalue weighted by molar-refractivity contribution is -0.355. The van der Waals surface area contributed by atoms with Gasteiger partial charge in [0, 0.05) is 18.8 Å². The van der Waals surface area contributed by atoms with Crippen LogP contribution in [0.3, 0.4) is 0 Å². The molecule has 4 fully saturated rings. The van der Waals surface area contributed by atoms with Crippen molar-refractivity contribution in [1.29, 1.82) is 0 Å². The van der Waals surface area contributed by atoms with Gasteiger partial charge in [-0.05, 0) is 32.1 Å². The van der Waals surface area contributed by atoms with Gasteiger partial charge in [-0.2, -0.15) is 0 Å². The lowest BCUT2D eigenvalue weighted by atomic mass is 9.73. The first-order valence-corrected chi connectivity index (χ1v) is 13.0. The van der Waals surface area contributed by atoms with Gasteiger partial charge in [-0.25, -0.2) is 0 Å². The quantitative estimate of drug-likeness (QED) is 0.103. The highest BCUT2D eigenvalue weighted by molar-refractivity contribution is 5.90. The zero-order valence-electron chi connectivity index (χ0n) is 20.5. The molecule has 2 heterocycles. The van der Waals surface area contributed by atoms with E-state index in [-0.39, 0.29) is 36.6 Å². The summed E-state index contributed by atoms with van der Waals surface area (Å²) in [6.07, 6.45) is -7.94. The lowest BCUT2D eigenvalue weighted by Gasteiger charge is -2.48. The van der Waals surface area contributed by atoms with E-state index in [4.69, 9.17) is 24.1 Å². The van der Waals surface area contributed by atoms with Gasteiger partial charge < -0.3 is 54.7 Å². The largest absolute Gasteiger partial charge is 0.481 e. The predicted molar refractivity (Wildman–Crippen MR) is 122 cm³/mol. The van der Waals surface area contributed by atoms with Crippen LogP contribution in [-0.4, -0.2) is 126 Å². The summed E-state index contributed by atoms with van der Waals surface area (Å²) in [7, 11) is 0. The van der Waals surface area contributed by atoms with Gasteiger partial charge in [-0.15, -0.1) is 0 Å². The number of esters is 1. The Hall–Kier alpha value is -1.42. The van der Waals surface area contributed by atoms with Gasteiger partial charge in [0.1, 0.15) is 43.5 Å². The number of ether oxygens (including phenoxy) is 4. The number of hydrogen-bond acceptors (Lipinski definition) is 11. The Kier molecular flexibility index (Phi) is 9.41. The van der Waals surface area contributed by atoms with Crippen LogP contribution in [0.25, 0.3) is 0 Å². The van der Waals surface area contributed by atoms with Crippen LogP contribution in [0.5, 0.6) is 0 Å². The number of aliphatic hydroxyl groups is 8. The van der Waals surface area contributed by atoms with Gasteiger partial charge in [0.05, 0.1) is 24.2 Å². The molecule has 4 aliphatic rings. The predicted octanol–water partition coefficient (Wildman–Crippen LogP) is -2.45. The summed E-state index contributed by atoms with van der Waals surface area (Å²) in [5.74, 6) is -2.64. The Morgan fingerprint density at radius 3 is 2.24 bits per heavy atom. The van der Waals surface area contributed by atoms with Crippen LogP contribution >= 0.6 is 0 Å². The summed E-state index contributed by atoms with van der Waals surface area (Å²) < 4.78 is 21.7. The van der Waals surface area contributed by atoms with Crippen molar-refractivity contribution in [2.24, 2.45) is 11.8 Å². The van der Waals surface area contributed by atoms with E-state index in [1.807, 2.05) is 0 Å². The van der Waals surface area contributed by atoms with E-state index in [1.54, 1.807) is 0 Å². The molecule has 0 aromatic carbocycles. The number of carbonyl (C=O) groups is 2. The Morgan fingerprint density at radius 1 is 0.865 bits per heavy atom. The van der Waals surface area contributed by atoms with Crippen LogP contribution in [-0.2, 0) is 23.8 Å². The highest BCUT2D eigenvalue weighted by atomic mass is 16.7.